The second kappa shape index (κ2) is 10.2. The van der Waals surface area contributed by atoms with Gasteiger partial charge in [-0.1, -0.05) is 66.7 Å². The molecule has 0 fully saturated rings. The van der Waals surface area contributed by atoms with E-state index in [0.29, 0.717) is 17.0 Å². The molecule has 42 heavy (non-hydrogen) atoms. The molecule has 0 aliphatic heterocycles. The maximum absolute atomic E-state index is 10.7. The monoisotopic (exact) mass is 723 g/mol. The Balaban J connectivity index is 0.00000288. The van der Waals surface area contributed by atoms with Gasteiger partial charge in [-0.2, -0.15) is 0 Å². The van der Waals surface area contributed by atoms with Crippen LogP contribution in [0.1, 0.15) is 22.4 Å². The van der Waals surface area contributed by atoms with E-state index in [1.165, 1.54) is 6.33 Å². The zero-order chi connectivity index (χ0) is 27.4. The number of hydrogen-bond donors (Lipinski definition) is 1. The summed E-state index contributed by atoms with van der Waals surface area (Å²) >= 11 is 0. The van der Waals surface area contributed by atoms with E-state index in [1.54, 1.807) is 12.3 Å². The van der Waals surface area contributed by atoms with Gasteiger partial charge in [-0.05, 0) is 52.6 Å². The van der Waals surface area contributed by atoms with Crippen LogP contribution in [-0.2, 0) is 26.5 Å². The van der Waals surface area contributed by atoms with Gasteiger partial charge in [0.1, 0.15) is 12.1 Å². The number of furan rings is 1. The summed E-state index contributed by atoms with van der Waals surface area (Å²) in [6.45, 7) is 0. The fourth-order valence-corrected chi connectivity index (χ4v) is 6.25. The summed E-state index contributed by atoms with van der Waals surface area (Å²) in [5, 5.41) is 11.5. The van der Waals surface area contributed by atoms with Gasteiger partial charge in [0.25, 0.3) is 0 Å². The SMILES string of the molecule is Oc1ccccc1-c1cccc(C2(c3[c-]c(-c4ncnc5occc45)ccc3)c3ccccc3-c3ccccc32)n1.[Pt]. The van der Waals surface area contributed by atoms with Crippen LogP contribution in [0.3, 0.4) is 0 Å². The summed E-state index contributed by atoms with van der Waals surface area (Å²) in [6.07, 6.45) is 3.15. The zero-order valence-electron chi connectivity index (χ0n) is 22.1. The number of nitrogens with zero attached hydrogens (tertiary/aromatic N) is 3. The van der Waals surface area contributed by atoms with Gasteiger partial charge in [0.15, 0.2) is 0 Å². The normalized spacial score (nSPS) is 12.9. The molecule has 5 nitrogen and oxygen atoms in total. The molecule has 1 N–H and O–H groups in total. The molecule has 0 spiro atoms. The molecular weight excluding hydrogens is 701 g/mol. The molecule has 6 heteroatoms. The van der Waals surface area contributed by atoms with Crippen LogP contribution in [0.25, 0.3) is 44.7 Å². The molecule has 1 aliphatic carbocycles. The van der Waals surface area contributed by atoms with E-state index in [1.807, 2.05) is 48.5 Å². The van der Waals surface area contributed by atoms with Crippen molar-refractivity contribution in [2.24, 2.45) is 0 Å². The van der Waals surface area contributed by atoms with Crippen molar-refractivity contribution in [1.82, 2.24) is 15.0 Å². The largest absolute Gasteiger partial charge is 0.507 e. The van der Waals surface area contributed by atoms with Gasteiger partial charge in [-0.25, -0.2) is 4.98 Å². The second-order valence-electron chi connectivity index (χ2n) is 10.1. The third-order valence-corrected chi connectivity index (χ3v) is 7.98. The summed E-state index contributed by atoms with van der Waals surface area (Å²) in [7, 11) is 0. The predicted octanol–water partition coefficient (Wildman–Crippen LogP) is 7.82. The van der Waals surface area contributed by atoms with E-state index in [4.69, 9.17) is 9.40 Å². The van der Waals surface area contributed by atoms with Crippen LogP contribution in [0.4, 0.5) is 0 Å². The minimum atomic E-state index is -0.758. The topological polar surface area (TPSA) is 72.0 Å². The minimum absolute atomic E-state index is 0. The van der Waals surface area contributed by atoms with Crippen molar-refractivity contribution in [3.8, 4) is 39.4 Å². The fraction of sp³-hybridized carbons (Fsp3) is 0.0278. The number of pyridine rings is 1. The van der Waals surface area contributed by atoms with E-state index in [-0.39, 0.29) is 26.8 Å². The molecule has 0 radical (unpaired) electrons. The average molecular weight is 724 g/mol. The number of phenolic OH excluding ortho intramolecular Hbond substituents is 1. The van der Waals surface area contributed by atoms with Crippen LogP contribution in [-0.4, -0.2) is 20.1 Å². The van der Waals surface area contributed by atoms with Crippen molar-refractivity contribution in [1.29, 1.82) is 0 Å². The van der Waals surface area contributed by atoms with Gasteiger partial charge in [0.05, 0.1) is 23.1 Å². The van der Waals surface area contributed by atoms with Gasteiger partial charge >= 0.3 is 0 Å². The van der Waals surface area contributed by atoms with Gasteiger partial charge in [-0.15, -0.1) is 35.4 Å². The molecule has 0 bridgehead atoms. The van der Waals surface area contributed by atoms with E-state index < -0.39 is 5.41 Å². The quantitative estimate of drug-likeness (QED) is 0.188. The Morgan fingerprint density at radius 2 is 1.36 bits per heavy atom. The number of rotatable bonds is 4. The Kier molecular flexibility index (Phi) is 6.33. The molecule has 0 amide bonds. The van der Waals surface area contributed by atoms with Crippen molar-refractivity contribution < 1.29 is 30.6 Å². The number of aromatic hydroxyl groups is 1. The van der Waals surface area contributed by atoms with Crippen LogP contribution >= 0.6 is 0 Å². The number of hydrogen-bond acceptors (Lipinski definition) is 5. The van der Waals surface area contributed by atoms with Crippen molar-refractivity contribution in [3.63, 3.8) is 0 Å². The second-order valence-corrected chi connectivity index (χ2v) is 10.1. The molecule has 8 rings (SSSR count). The number of fused-ring (bicyclic) bond motifs is 4. The smallest absolute Gasteiger partial charge is 0.219 e. The fourth-order valence-electron chi connectivity index (χ4n) is 6.25. The Bertz CT molecular complexity index is 2060. The third-order valence-electron chi connectivity index (χ3n) is 7.98. The van der Waals surface area contributed by atoms with E-state index in [2.05, 4.69) is 76.7 Å². The molecule has 4 aromatic carbocycles. The summed E-state index contributed by atoms with van der Waals surface area (Å²) in [4.78, 5) is 14.1. The molecule has 0 atom stereocenters. The number of benzene rings is 4. The maximum Gasteiger partial charge on any atom is 0.219 e. The van der Waals surface area contributed by atoms with Gasteiger partial charge in [-0.3, -0.25) is 9.97 Å². The Hall–Kier alpha value is -4.86. The Morgan fingerprint density at radius 1 is 0.667 bits per heavy atom. The number of aromatic nitrogens is 3. The van der Waals surface area contributed by atoms with Crippen LogP contribution in [0.15, 0.2) is 132 Å². The molecule has 3 aromatic heterocycles. The zero-order valence-corrected chi connectivity index (χ0v) is 24.4. The Morgan fingerprint density at radius 3 is 2.12 bits per heavy atom. The van der Waals surface area contributed by atoms with E-state index in [0.717, 1.165) is 50.2 Å². The molecule has 0 saturated carbocycles. The van der Waals surface area contributed by atoms with E-state index >= 15 is 0 Å². The average Bonchev–Trinajstić information content (AvgIpc) is 3.63. The van der Waals surface area contributed by atoms with Crippen LogP contribution in [0.2, 0.25) is 0 Å². The summed E-state index contributed by atoms with van der Waals surface area (Å²) in [5.74, 6) is 0.194. The standard InChI is InChI=1S/C36H22N3O2.Pt/c40-32-17-6-3-13-27(32)31-16-8-18-33(39-31)36(29-14-4-1-11-25(29)26-12-2-5-15-30(26)36)24-10-7-9-23(21-24)34-28-19-20-41-35(28)38-22-37-34;/h1-20,22,40H;/q-1;. The summed E-state index contributed by atoms with van der Waals surface area (Å²) < 4.78 is 5.56. The Labute approximate surface area is 256 Å². The first-order valence-electron chi connectivity index (χ1n) is 13.4. The molecule has 3 heterocycles. The first kappa shape index (κ1) is 26.1. The molecule has 0 saturated heterocycles. The van der Waals surface area contributed by atoms with Crippen molar-refractivity contribution >= 4 is 11.1 Å². The number of para-hydroxylation sites is 1. The molecule has 7 aromatic rings. The predicted molar refractivity (Wildman–Crippen MR) is 158 cm³/mol. The third kappa shape index (κ3) is 3.78. The number of phenols is 1. The van der Waals surface area contributed by atoms with Crippen molar-refractivity contribution in [2.45, 2.75) is 5.41 Å². The summed E-state index contributed by atoms with van der Waals surface area (Å²) in [5.41, 5.74) is 9.16. The van der Waals surface area contributed by atoms with Gasteiger partial charge < -0.3 is 9.52 Å². The first-order valence-corrected chi connectivity index (χ1v) is 13.4. The molecule has 204 valence electrons. The van der Waals surface area contributed by atoms with Gasteiger partial charge in [0, 0.05) is 37.7 Å². The van der Waals surface area contributed by atoms with Crippen molar-refractivity contribution in [3.05, 3.63) is 156 Å². The molecule has 1 aliphatic rings. The maximum atomic E-state index is 10.7. The van der Waals surface area contributed by atoms with Crippen LogP contribution in [0, 0.1) is 6.07 Å². The van der Waals surface area contributed by atoms with Gasteiger partial charge in [0.2, 0.25) is 5.71 Å². The summed E-state index contributed by atoms with van der Waals surface area (Å²) in [6, 6.07) is 42.2. The molecule has 0 unspecified atom stereocenters. The molecular formula is C36H22N3O2Pt-. The van der Waals surface area contributed by atoms with E-state index in [9.17, 15) is 5.11 Å². The van der Waals surface area contributed by atoms with Crippen LogP contribution < -0.4 is 0 Å². The van der Waals surface area contributed by atoms with Crippen LogP contribution in [0.5, 0.6) is 5.75 Å². The minimum Gasteiger partial charge on any atom is -0.507 e. The first-order chi connectivity index (χ1) is 20.2. The van der Waals surface area contributed by atoms with Crippen molar-refractivity contribution in [2.75, 3.05) is 0 Å².